The van der Waals surface area contributed by atoms with Crippen LogP contribution in [0.4, 0.5) is 51.2 Å². The Balaban J connectivity index is 0.958. The molecule has 0 saturated heterocycles. The molecule has 10 nitrogen and oxygen atoms in total. The summed E-state index contributed by atoms with van der Waals surface area (Å²) in [6.45, 7) is 9.28. The summed E-state index contributed by atoms with van der Waals surface area (Å²) in [7, 11) is 0. The zero-order chi connectivity index (χ0) is 57.8. The van der Waals surface area contributed by atoms with Gasteiger partial charge in [0, 0.05) is 96.6 Å². The lowest BCUT2D eigenvalue weighted by Crippen LogP contribution is -2.64. The minimum Gasteiger partial charge on any atom is -0.458 e. The Kier molecular flexibility index (Phi) is 8.76. The van der Waals surface area contributed by atoms with Gasteiger partial charge in [0.15, 0.2) is 0 Å². The number of hydrogen-bond donors (Lipinski definition) is 0. The molecule has 0 radical (unpaired) electrons. The van der Waals surface area contributed by atoms with Crippen molar-refractivity contribution in [2.45, 2.75) is 51.4 Å². The topological polar surface area (TPSA) is 79.3 Å². The largest absolute Gasteiger partial charge is 0.458 e. The molecule has 0 unspecified atom stereocenters. The third-order valence-electron chi connectivity index (χ3n) is 21.0. The zero-order valence-corrected chi connectivity index (χ0v) is 48.7. The number of nitrogens with zero attached hydrogens (tertiary/aromatic N) is 9. The summed E-state index contributed by atoms with van der Waals surface area (Å²) in [6, 6.07) is 70.1. The van der Waals surface area contributed by atoms with Crippen molar-refractivity contribution in [1.82, 2.24) is 28.7 Å². The predicted molar refractivity (Wildman–Crippen MR) is 362 cm³/mol. The van der Waals surface area contributed by atoms with E-state index in [4.69, 9.17) is 24.7 Å². The van der Waals surface area contributed by atoms with Gasteiger partial charge in [-0.05, 0) is 171 Å². The number of aromatic nitrogens is 6. The minimum absolute atomic E-state index is 0.0248. The van der Waals surface area contributed by atoms with Crippen LogP contribution in [0.2, 0.25) is 0 Å². The fourth-order valence-electron chi connectivity index (χ4n) is 17.3. The van der Waals surface area contributed by atoms with Crippen LogP contribution < -0.4 is 52.2 Å². The van der Waals surface area contributed by atoms with E-state index in [9.17, 15) is 0 Å². The first-order chi connectivity index (χ1) is 43.2. The summed E-state index contributed by atoms with van der Waals surface area (Å²) in [5, 5.41) is 8.82. The molecule has 5 aliphatic rings. The van der Waals surface area contributed by atoms with Gasteiger partial charge in [-0.25, -0.2) is 19.9 Å². The van der Waals surface area contributed by atoms with Crippen LogP contribution in [0.25, 0.3) is 76.7 Å². The first kappa shape index (κ1) is 47.5. The molecular weight excluding hydrogens is 1080 g/mol. The number of ether oxygens (including phenoxy) is 1. The van der Waals surface area contributed by atoms with Crippen molar-refractivity contribution in [3.8, 4) is 11.5 Å². The molecule has 12 heteroatoms. The second-order valence-corrected chi connectivity index (χ2v) is 26.3. The summed E-state index contributed by atoms with van der Waals surface area (Å²) < 4.78 is 12.2. The highest BCUT2D eigenvalue weighted by atomic mass is 16.5. The van der Waals surface area contributed by atoms with Crippen molar-refractivity contribution >= 4 is 174 Å². The molecule has 1 aliphatic carbocycles. The van der Waals surface area contributed by atoms with Gasteiger partial charge in [-0.1, -0.05) is 113 Å². The quantitative estimate of drug-likeness (QED) is 0.162. The van der Waals surface area contributed by atoms with Gasteiger partial charge in [-0.2, -0.15) is 0 Å². The van der Waals surface area contributed by atoms with Gasteiger partial charge >= 0.3 is 0 Å². The summed E-state index contributed by atoms with van der Waals surface area (Å²) in [4.78, 5) is 28.7. The predicted octanol–water partition coefficient (Wildman–Crippen LogP) is 14.4. The lowest BCUT2D eigenvalue weighted by molar-refractivity contribution is 0.332. The van der Waals surface area contributed by atoms with Crippen molar-refractivity contribution in [2.24, 2.45) is 0 Å². The standard InChI is InChI=1S/C76H51B2N9O/c1-75(2)33-34-76(3,4)50-39-44(31-32-49(50)75)85-55-29-13-11-27-51(55)77-53-40-54-57(41-56(53)83(42-19-7-5-8-20-42)67-59-45-23-15-35-79-71(45)86-65(59)60(68(85)63(67)77)46-24-16-36-80-72(46)86)84(43-21-9-6-10-22-43)69-61-47-25-17-37-81-73(47)87-66(61)62(48-26-18-38-82-74(48)87)70-64(69)78(54)52-28-12-14-30-58(52)88-70/h5-32,35-41H,33-34H2,1-4H3. The number of rotatable bonds is 3. The maximum absolute atomic E-state index is 7.51. The molecule has 12 heterocycles. The highest BCUT2D eigenvalue weighted by molar-refractivity contribution is 7.03. The molecule has 0 spiro atoms. The molecule has 0 saturated carbocycles. The molecule has 0 fully saturated rings. The summed E-state index contributed by atoms with van der Waals surface area (Å²) >= 11 is 0. The van der Waals surface area contributed by atoms with Crippen LogP contribution in [0.1, 0.15) is 51.7 Å². The normalized spacial score (nSPS) is 15.8. The van der Waals surface area contributed by atoms with Gasteiger partial charge in [0.25, 0.3) is 13.4 Å². The molecule has 0 bridgehead atoms. The van der Waals surface area contributed by atoms with Gasteiger partial charge < -0.3 is 19.4 Å². The van der Waals surface area contributed by atoms with E-state index in [1.54, 1.807) is 0 Å². The second-order valence-electron chi connectivity index (χ2n) is 26.3. The van der Waals surface area contributed by atoms with E-state index in [-0.39, 0.29) is 24.3 Å². The number of hydrogen-bond acceptors (Lipinski definition) is 8. The Hall–Kier alpha value is -10.7. The van der Waals surface area contributed by atoms with Gasteiger partial charge in [0.2, 0.25) is 0 Å². The van der Waals surface area contributed by atoms with E-state index < -0.39 is 0 Å². The van der Waals surface area contributed by atoms with Crippen molar-refractivity contribution in [3.05, 3.63) is 224 Å². The van der Waals surface area contributed by atoms with Gasteiger partial charge in [-0.15, -0.1) is 0 Å². The van der Waals surface area contributed by atoms with E-state index in [2.05, 4.69) is 239 Å². The lowest BCUT2D eigenvalue weighted by Gasteiger charge is -2.47. The fraction of sp³-hybridized carbons (Fsp3) is 0.105. The molecule has 412 valence electrons. The van der Waals surface area contributed by atoms with Gasteiger partial charge in [-0.3, -0.25) is 8.80 Å². The molecular formula is C76H51B2N9O. The summed E-state index contributed by atoms with van der Waals surface area (Å²) in [5.41, 5.74) is 25.9. The highest BCUT2D eigenvalue weighted by Gasteiger charge is 2.51. The Labute approximate surface area is 506 Å². The molecule has 0 atom stereocenters. The van der Waals surface area contributed by atoms with Crippen molar-refractivity contribution in [2.75, 3.05) is 14.7 Å². The number of fused-ring (bicyclic) bond motifs is 25. The first-order valence-corrected chi connectivity index (χ1v) is 30.8. The van der Waals surface area contributed by atoms with Crippen LogP contribution in [-0.2, 0) is 10.8 Å². The van der Waals surface area contributed by atoms with Crippen LogP contribution in [0.15, 0.2) is 213 Å². The average Bonchev–Trinajstić information content (AvgIpc) is 1.37. The Morgan fingerprint density at radius 3 is 1.40 bits per heavy atom. The Morgan fingerprint density at radius 1 is 0.375 bits per heavy atom. The third kappa shape index (κ3) is 5.65. The van der Waals surface area contributed by atoms with E-state index in [1.807, 2.05) is 24.8 Å². The Morgan fingerprint density at radius 2 is 0.830 bits per heavy atom. The van der Waals surface area contributed by atoms with E-state index in [0.29, 0.717) is 0 Å². The molecule has 8 aromatic heterocycles. The number of pyridine rings is 4. The van der Waals surface area contributed by atoms with Crippen molar-refractivity contribution < 1.29 is 4.74 Å². The minimum atomic E-state index is -0.238. The first-order valence-electron chi connectivity index (χ1n) is 30.8. The molecule has 0 N–H and O–H groups in total. The van der Waals surface area contributed by atoms with Crippen molar-refractivity contribution in [1.29, 1.82) is 0 Å². The van der Waals surface area contributed by atoms with Crippen molar-refractivity contribution in [3.63, 3.8) is 0 Å². The second kappa shape index (κ2) is 16.2. The average molecular weight is 1130 g/mol. The summed E-state index contributed by atoms with van der Waals surface area (Å²) in [5.74, 6) is 1.72. The van der Waals surface area contributed by atoms with Gasteiger partial charge in [0.1, 0.15) is 34.1 Å². The monoisotopic (exact) mass is 1130 g/mol. The molecule has 4 aliphatic heterocycles. The fourth-order valence-corrected chi connectivity index (χ4v) is 17.3. The number of benzene rings is 8. The molecule has 88 heavy (non-hydrogen) atoms. The third-order valence-corrected chi connectivity index (χ3v) is 21.0. The molecule has 0 amide bonds. The maximum atomic E-state index is 7.51. The SMILES string of the molecule is CC1(C)CCC(C)(C)c2cc(N3c4ccccc4B4c5cc6c(cc5N(c5ccccc5)c5c4c3c3c4cccnc4n4c7ncccc7c5c34)N(c3ccccc3)c3c4c(c5c7cccnc7n7c8ncccc8c3c57)Oc3ccccc3B64)ccc21. The smallest absolute Gasteiger partial charge is 0.256 e. The lowest BCUT2D eigenvalue weighted by atomic mass is 9.30. The molecule has 8 aromatic carbocycles. The van der Waals surface area contributed by atoms with Crippen LogP contribution >= 0.6 is 0 Å². The molecule has 21 rings (SSSR count). The van der Waals surface area contributed by atoms with E-state index >= 15 is 0 Å². The van der Waals surface area contributed by atoms with Crippen LogP contribution in [0, 0.1) is 0 Å². The number of para-hydroxylation sites is 4. The van der Waals surface area contributed by atoms with Crippen LogP contribution in [0.3, 0.4) is 0 Å². The Bertz CT molecular complexity index is 5800. The van der Waals surface area contributed by atoms with Crippen LogP contribution in [-0.4, -0.2) is 42.2 Å². The van der Waals surface area contributed by atoms with E-state index in [1.165, 1.54) is 49.7 Å². The molecule has 16 aromatic rings. The zero-order valence-electron chi connectivity index (χ0n) is 48.7. The highest BCUT2D eigenvalue weighted by Crippen LogP contribution is 2.58. The van der Waals surface area contributed by atoms with E-state index in [0.717, 1.165) is 146 Å². The summed E-state index contributed by atoms with van der Waals surface area (Å²) in [6.07, 6.45) is 9.94. The van der Waals surface area contributed by atoms with Gasteiger partial charge in [0.05, 0.1) is 33.5 Å². The number of anilines is 9. The van der Waals surface area contributed by atoms with Crippen LogP contribution in [0.5, 0.6) is 11.5 Å². The maximum Gasteiger partial charge on any atom is 0.256 e.